The molecule has 6 nitrogen and oxygen atoms in total. The van der Waals surface area contributed by atoms with Gasteiger partial charge in [0.05, 0.1) is 16.9 Å². The van der Waals surface area contributed by atoms with Gasteiger partial charge in [-0.15, -0.1) is 0 Å². The average molecular weight is 445 g/mol. The fourth-order valence-corrected chi connectivity index (χ4v) is 4.47. The summed E-state index contributed by atoms with van der Waals surface area (Å²) < 4.78 is 0. The Hall–Kier alpha value is -4.45. The van der Waals surface area contributed by atoms with Crippen LogP contribution in [0.3, 0.4) is 0 Å². The zero-order chi connectivity index (χ0) is 23.1. The first-order valence-corrected chi connectivity index (χ1v) is 11.4. The van der Waals surface area contributed by atoms with E-state index in [0.717, 1.165) is 55.6 Å². The molecule has 166 valence electrons. The molecule has 0 saturated heterocycles. The maximum Gasteiger partial charge on any atom is 0.116 e. The van der Waals surface area contributed by atoms with Crippen molar-refractivity contribution in [1.29, 1.82) is 0 Å². The predicted octanol–water partition coefficient (Wildman–Crippen LogP) is 6.66. The molecule has 0 saturated carbocycles. The SMILES string of the molecule is CC(C)Nc1cncc(-c2ccc3[nH]nc(-c4cc5c(-c6ccncc6)cccc5[nH]4)c3c2)c1. The molecule has 0 aliphatic heterocycles. The van der Waals surface area contributed by atoms with Crippen molar-refractivity contribution in [2.24, 2.45) is 0 Å². The van der Waals surface area contributed by atoms with E-state index in [1.54, 1.807) is 0 Å². The highest BCUT2D eigenvalue weighted by Crippen LogP contribution is 2.35. The lowest BCUT2D eigenvalue weighted by molar-refractivity contribution is 0.898. The normalized spacial score (nSPS) is 11.5. The fourth-order valence-electron chi connectivity index (χ4n) is 4.47. The topological polar surface area (TPSA) is 82.3 Å². The van der Waals surface area contributed by atoms with E-state index in [1.165, 1.54) is 5.56 Å². The number of H-pyrrole nitrogens is 2. The van der Waals surface area contributed by atoms with Crippen molar-refractivity contribution < 1.29 is 0 Å². The molecule has 0 aliphatic carbocycles. The molecule has 4 heterocycles. The molecule has 0 aliphatic rings. The first-order valence-electron chi connectivity index (χ1n) is 11.4. The Kier molecular flexibility index (Phi) is 4.84. The second-order valence-corrected chi connectivity index (χ2v) is 8.78. The third-order valence-electron chi connectivity index (χ3n) is 6.00. The molecule has 0 amide bonds. The summed E-state index contributed by atoms with van der Waals surface area (Å²) in [4.78, 5) is 12.2. The van der Waals surface area contributed by atoms with Gasteiger partial charge in [0.25, 0.3) is 0 Å². The molecular weight excluding hydrogens is 420 g/mol. The Labute approximate surface area is 197 Å². The summed E-state index contributed by atoms with van der Waals surface area (Å²) in [7, 11) is 0. The van der Waals surface area contributed by atoms with E-state index >= 15 is 0 Å². The van der Waals surface area contributed by atoms with E-state index in [0.29, 0.717) is 6.04 Å². The Bertz CT molecular complexity index is 1610. The van der Waals surface area contributed by atoms with E-state index in [4.69, 9.17) is 0 Å². The molecule has 0 fully saturated rings. The third-order valence-corrected chi connectivity index (χ3v) is 6.00. The number of rotatable bonds is 5. The van der Waals surface area contributed by atoms with Gasteiger partial charge in [0, 0.05) is 52.7 Å². The molecule has 3 N–H and O–H groups in total. The number of aromatic nitrogens is 5. The summed E-state index contributed by atoms with van der Waals surface area (Å²) >= 11 is 0. The third kappa shape index (κ3) is 3.59. The quantitative estimate of drug-likeness (QED) is 0.278. The number of anilines is 1. The second-order valence-electron chi connectivity index (χ2n) is 8.78. The van der Waals surface area contributed by atoms with Crippen LogP contribution in [0.1, 0.15) is 13.8 Å². The number of benzene rings is 2. The van der Waals surface area contributed by atoms with Gasteiger partial charge >= 0.3 is 0 Å². The summed E-state index contributed by atoms with van der Waals surface area (Å²) in [5.41, 5.74) is 9.45. The van der Waals surface area contributed by atoms with Crippen molar-refractivity contribution in [3.05, 3.63) is 85.5 Å². The molecule has 6 rings (SSSR count). The molecule has 0 atom stereocenters. The van der Waals surface area contributed by atoms with Crippen LogP contribution in [0.25, 0.3) is 55.4 Å². The molecule has 2 aromatic carbocycles. The first kappa shape index (κ1) is 20.2. The van der Waals surface area contributed by atoms with Crippen molar-refractivity contribution in [2.45, 2.75) is 19.9 Å². The zero-order valence-corrected chi connectivity index (χ0v) is 19.0. The van der Waals surface area contributed by atoms with Crippen LogP contribution in [0.4, 0.5) is 5.69 Å². The fraction of sp³-hybridized carbons (Fsp3) is 0.107. The molecule has 0 unspecified atom stereocenters. The standard InChI is InChI=1S/C28H24N6/c1-17(2)31-21-12-20(15-30-16-21)19-6-7-26-24(13-19)28(34-33-26)27-14-23-22(4-3-5-25(23)32-27)18-8-10-29-11-9-18/h3-17,31-32H,1-2H3,(H,33,34). The smallest absolute Gasteiger partial charge is 0.116 e. The van der Waals surface area contributed by atoms with Crippen LogP contribution < -0.4 is 5.32 Å². The number of nitrogens with one attached hydrogen (secondary N) is 3. The number of aromatic amines is 2. The molecule has 6 heteroatoms. The van der Waals surface area contributed by atoms with Gasteiger partial charge in [-0.05, 0) is 73.0 Å². The number of nitrogens with zero attached hydrogens (tertiary/aromatic N) is 3. The van der Waals surface area contributed by atoms with Gasteiger partial charge in [-0.1, -0.05) is 18.2 Å². The van der Waals surface area contributed by atoms with Crippen LogP contribution in [-0.4, -0.2) is 31.2 Å². The largest absolute Gasteiger partial charge is 0.382 e. The number of pyridine rings is 2. The van der Waals surface area contributed by atoms with Crippen LogP contribution >= 0.6 is 0 Å². The highest BCUT2D eigenvalue weighted by atomic mass is 15.1. The minimum absolute atomic E-state index is 0.346. The monoisotopic (exact) mass is 444 g/mol. The summed E-state index contributed by atoms with van der Waals surface area (Å²) in [5.74, 6) is 0. The van der Waals surface area contributed by atoms with Crippen molar-refractivity contribution >= 4 is 27.5 Å². The van der Waals surface area contributed by atoms with E-state index in [1.807, 2.05) is 36.9 Å². The van der Waals surface area contributed by atoms with Crippen LogP contribution in [0.5, 0.6) is 0 Å². The Morgan fingerprint density at radius 3 is 2.50 bits per heavy atom. The minimum Gasteiger partial charge on any atom is -0.382 e. The molecule has 34 heavy (non-hydrogen) atoms. The summed E-state index contributed by atoms with van der Waals surface area (Å²) in [5, 5.41) is 13.5. The molecular formula is C28H24N6. The number of hydrogen-bond acceptors (Lipinski definition) is 4. The van der Waals surface area contributed by atoms with Crippen molar-refractivity contribution in [1.82, 2.24) is 25.1 Å². The van der Waals surface area contributed by atoms with Gasteiger partial charge in [-0.3, -0.25) is 15.1 Å². The van der Waals surface area contributed by atoms with Gasteiger partial charge in [-0.25, -0.2) is 0 Å². The van der Waals surface area contributed by atoms with Gasteiger partial charge in [0.15, 0.2) is 0 Å². The van der Waals surface area contributed by atoms with Gasteiger partial charge in [-0.2, -0.15) is 5.10 Å². The predicted molar refractivity (Wildman–Crippen MR) is 139 cm³/mol. The zero-order valence-electron chi connectivity index (χ0n) is 19.0. The van der Waals surface area contributed by atoms with Gasteiger partial charge < -0.3 is 10.3 Å². The second kappa shape index (κ2) is 8.15. The van der Waals surface area contributed by atoms with Crippen molar-refractivity contribution in [3.8, 4) is 33.6 Å². The van der Waals surface area contributed by atoms with E-state index in [-0.39, 0.29) is 0 Å². The van der Waals surface area contributed by atoms with Crippen molar-refractivity contribution in [3.63, 3.8) is 0 Å². The highest BCUT2D eigenvalue weighted by molar-refractivity contribution is 6.01. The van der Waals surface area contributed by atoms with Crippen LogP contribution in [-0.2, 0) is 0 Å². The van der Waals surface area contributed by atoms with E-state index < -0.39 is 0 Å². The van der Waals surface area contributed by atoms with Crippen LogP contribution in [0.15, 0.2) is 85.5 Å². The molecule has 6 aromatic rings. The van der Waals surface area contributed by atoms with Gasteiger partial charge in [0.2, 0.25) is 0 Å². The summed E-state index contributed by atoms with van der Waals surface area (Å²) in [6, 6.07) is 21.4. The minimum atomic E-state index is 0.346. The summed E-state index contributed by atoms with van der Waals surface area (Å²) in [6.45, 7) is 4.24. The summed E-state index contributed by atoms with van der Waals surface area (Å²) in [6.07, 6.45) is 7.41. The first-order chi connectivity index (χ1) is 16.7. The average Bonchev–Trinajstić information content (AvgIpc) is 3.48. The van der Waals surface area contributed by atoms with Crippen molar-refractivity contribution in [2.75, 3.05) is 5.32 Å². The molecule has 0 radical (unpaired) electrons. The van der Waals surface area contributed by atoms with E-state index in [2.05, 4.69) is 92.8 Å². The lowest BCUT2D eigenvalue weighted by Crippen LogP contribution is -2.09. The molecule has 0 spiro atoms. The molecule has 0 bridgehead atoms. The van der Waals surface area contributed by atoms with Crippen LogP contribution in [0, 0.1) is 0 Å². The van der Waals surface area contributed by atoms with Crippen LogP contribution in [0.2, 0.25) is 0 Å². The van der Waals surface area contributed by atoms with Gasteiger partial charge in [0.1, 0.15) is 5.69 Å². The highest BCUT2D eigenvalue weighted by Gasteiger charge is 2.14. The van der Waals surface area contributed by atoms with E-state index in [9.17, 15) is 0 Å². The number of fused-ring (bicyclic) bond motifs is 2. The Morgan fingerprint density at radius 2 is 1.65 bits per heavy atom. The maximum absolute atomic E-state index is 4.66. The molecule has 4 aromatic heterocycles. The number of hydrogen-bond donors (Lipinski definition) is 3. The maximum atomic E-state index is 4.66. The lowest BCUT2D eigenvalue weighted by Gasteiger charge is -2.11. The Balaban J connectivity index is 1.45. The lowest BCUT2D eigenvalue weighted by atomic mass is 10.0. The Morgan fingerprint density at radius 1 is 0.765 bits per heavy atom.